The van der Waals surface area contributed by atoms with Crippen molar-refractivity contribution in [2.75, 3.05) is 33.4 Å². The van der Waals surface area contributed by atoms with E-state index in [-0.39, 0.29) is 0 Å². The molecule has 0 aromatic heterocycles. The van der Waals surface area contributed by atoms with Crippen molar-refractivity contribution in [2.24, 2.45) is 5.92 Å². The molecule has 1 N–H and O–H groups in total. The summed E-state index contributed by atoms with van der Waals surface area (Å²) in [5.74, 6) is 0.667. The van der Waals surface area contributed by atoms with Gasteiger partial charge in [-0.05, 0) is 12.3 Å². The molecule has 1 rings (SSSR count). The fraction of sp³-hybridized carbons (Fsp3) is 1.00. The second kappa shape index (κ2) is 7.25. The van der Waals surface area contributed by atoms with Crippen molar-refractivity contribution in [1.82, 2.24) is 10.2 Å². The minimum Gasteiger partial charge on any atom is -0.383 e. The Morgan fingerprint density at radius 2 is 2.19 bits per heavy atom. The predicted molar refractivity (Wildman–Crippen MR) is 68.8 cm³/mol. The summed E-state index contributed by atoms with van der Waals surface area (Å²) in [7, 11) is 1.81. The van der Waals surface area contributed by atoms with Gasteiger partial charge in [-0.3, -0.25) is 4.90 Å². The maximum Gasteiger partial charge on any atom is 0.0620 e. The van der Waals surface area contributed by atoms with Crippen molar-refractivity contribution in [3.05, 3.63) is 0 Å². The van der Waals surface area contributed by atoms with Gasteiger partial charge in [-0.25, -0.2) is 0 Å². The second-order valence-electron chi connectivity index (χ2n) is 5.20. The summed E-state index contributed by atoms with van der Waals surface area (Å²) in [5, 5.41) is 3.60. The molecular weight excluding hydrogens is 200 g/mol. The number of hydrogen-bond donors (Lipinski definition) is 1. The van der Waals surface area contributed by atoms with Crippen molar-refractivity contribution in [3.63, 3.8) is 0 Å². The van der Waals surface area contributed by atoms with E-state index >= 15 is 0 Å². The highest BCUT2D eigenvalue weighted by Gasteiger charge is 2.26. The SMILES string of the molecule is CCCC1CN(C(COC)C(C)C)CCN1. The largest absolute Gasteiger partial charge is 0.383 e. The quantitative estimate of drug-likeness (QED) is 0.749. The predicted octanol–water partition coefficient (Wildman–Crippen LogP) is 1.73. The minimum atomic E-state index is 0.575. The van der Waals surface area contributed by atoms with Crippen molar-refractivity contribution < 1.29 is 4.74 Å². The zero-order chi connectivity index (χ0) is 12.0. The topological polar surface area (TPSA) is 24.5 Å². The van der Waals surface area contributed by atoms with E-state index in [1.807, 2.05) is 0 Å². The summed E-state index contributed by atoms with van der Waals surface area (Å²) in [6.07, 6.45) is 2.55. The first kappa shape index (κ1) is 13.9. The molecule has 2 atom stereocenters. The van der Waals surface area contributed by atoms with Crippen molar-refractivity contribution in [3.8, 4) is 0 Å². The van der Waals surface area contributed by atoms with Gasteiger partial charge in [-0.2, -0.15) is 0 Å². The molecule has 3 heteroatoms. The van der Waals surface area contributed by atoms with Crippen LogP contribution in [0.3, 0.4) is 0 Å². The van der Waals surface area contributed by atoms with Gasteiger partial charge >= 0.3 is 0 Å². The van der Waals surface area contributed by atoms with E-state index in [4.69, 9.17) is 4.74 Å². The van der Waals surface area contributed by atoms with E-state index in [1.165, 1.54) is 19.4 Å². The van der Waals surface area contributed by atoms with Crippen LogP contribution in [0.2, 0.25) is 0 Å². The van der Waals surface area contributed by atoms with Crippen LogP contribution in [0.5, 0.6) is 0 Å². The number of hydrogen-bond acceptors (Lipinski definition) is 3. The summed E-state index contributed by atoms with van der Waals surface area (Å²) in [4.78, 5) is 2.60. The van der Waals surface area contributed by atoms with Crippen LogP contribution < -0.4 is 5.32 Å². The fourth-order valence-electron chi connectivity index (χ4n) is 2.58. The first-order valence-electron chi connectivity index (χ1n) is 6.65. The summed E-state index contributed by atoms with van der Waals surface area (Å²) in [6, 6.07) is 1.25. The van der Waals surface area contributed by atoms with Gasteiger partial charge in [0, 0.05) is 38.8 Å². The molecule has 0 spiro atoms. The molecule has 1 aliphatic rings. The Morgan fingerprint density at radius 3 is 2.75 bits per heavy atom. The minimum absolute atomic E-state index is 0.575. The van der Waals surface area contributed by atoms with Gasteiger partial charge in [-0.15, -0.1) is 0 Å². The molecule has 1 fully saturated rings. The van der Waals surface area contributed by atoms with Crippen molar-refractivity contribution in [2.45, 2.75) is 45.7 Å². The van der Waals surface area contributed by atoms with Crippen molar-refractivity contribution >= 4 is 0 Å². The molecule has 0 aromatic rings. The van der Waals surface area contributed by atoms with Crippen LogP contribution in [0.1, 0.15) is 33.6 Å². The lowest BCUT2D eigenvalue weighted by Gasteiger charge is -2.40. The van der Waals surface area contributed by atoms with E-state index in [0.29, 0.717) is 18.0 Å². The Balaban J connectivity index is 2.49. The molecule has 96 valence electrons. The van der Waals surface area contributed by atoms with Gasteiger partial charge in [0.2, 0.25) is 0 Å². The molecule has 0 radical (unpaired) electrons. The summed E-state index contributed by atoms with van der Waals surface area (Å²) < 4.78 is 5.35. The third-order valence-electron chi connectivity index (χ3n) is 3.50. The molecular formula is C13H28N2O. The first-order valence-corrected chi connectivity index (χ1v) is 6.65. The van der Waals surface area contributed by atoms with Crippen LogP contribution in [0.25, 0.3) is 0 Å². The number of nitrogens with one attached hydrogen (secondary N) is 1. The fourth-order valence-corrected chi connectivity index (χ4v) is 2.58. The Bertz CT molecular complexity index is 183. The van der Waals surface area contributed by atoms with Crippen LogP contribution in [0.4, 0.5) is 0 Å². The number of methoxy groups -OCH3 is 1. The lowest BCUT2D eigenvalue weighted by molar-refractivity contribution is 0.0448. The third-order valence-corrected chi connectivity index (χ3v) is 3.50. The lowest BCUT2D eigenvalue weighted by atomic mass is 10.0. The molecule has 1 saturated heterocycles. The smallest absolute Gasteiger partial charge is 0.0620 e. The van der Waals surface area contributed by atoms with Gasteiger partial charge in [0.05, 0.1) is 6.61 Å². The summed E-state index contributed by atoms with van der Waals surface area (Å²) >= 11 is 0. The normalized spacial score (nSPS) is 24.9. The maximum absolute atomic E-state index is 5.35. The highest BCUT2D eigenvalue weighted by atomic mass is 16.5. The molecule has 1 heterocycles. The van der Waals surface area contributed by atoms with E-state index in [9.17, 15) is 0 Å². The number of ether oxygens (including phenoxy) is 1. The molecule has 0 saturated carbocycles. The average molecular weight is 228 g/mol. The van der Waals surface area contributed by atoms with E-state index < -0.39 is 0 Å². The lowest BCUT2D eigenvalue weighted by Crippen LogP contribution is -2.56. The third kappa shape index (κ3) is 4.04. The van der Waals surface area contributed by atoms with Gasteiger partial charge in [-0.1, -0.05) is 27.2 Å². The first-order chi connectivity index (χ1) is 7.69. The molecule has 0 bridgehead atoms. The van der Waals surface area contributed by atoms with Crippen LogP contribution in [0.15, 0.2) is 0 Å². The highest BCUT2D eigenvalue weighted by molar-refractivity contribution is 4.84. The standard InChI is InChI=1S/C13H28N2O/c1-5-6-12-9-15(8-7-14-12)13(10-16-4)11(2)3/h11-14H,5-10H2,1-4H3. The number of rotatable bonds is 6. The van der Waals surface area contributed by atoms with Gasteiger partial charge in [0.25, 0.3) is 0 Å². The number of piperazine rings is 1. The van der Waals surface area contributed by atoms with Gasteiger partial charge in [0.15, 0.2) is 0 Å². The summed E-state index contributed by atoms with van der Waals surface area (Å²) in [5.41, 5.74) is 0. The van der Waals surface area contributed by atoms with E-state index in [0.717, 1.165) is 19.7 Å². The second-order valence-corrected chi connectivity index (χ2v) is 5.20. The maximum atomic E-state index is 5.35. The molecule has 0 aliphatic carbocycles. The zero-order valence-corrected chi connectivity index (χ0v) is 11.3. The van der Waals surface area contributed by atoms with Crippen molar-refractivity contribution in [1.29, 1.82) is 0 Å². The zero-order valence-electron chi connectivity index (χ0n) is 11.3. The molecule has 0 amide bonds. The Labute approximate surface area is 101 Å². The van der Waals surface area contributed by atoms with E-state index in [1.54, 1.807) is 7.11 Å². The van der Waals surface area contributed by atoms with Gasteiger partial charge < -0.3 is 10.1 Å². The molecule has 3 nitrogen and oxygen atoms in total. The molecule has 16 heavy (non-hydrogen) atoms. The Kier molecular flexibility index (Phi) is 6.32. The van der Waals surface area contributed by atoms with Crippen LogP contribution in [0, 0.1) is 5.92 Å². The molecule has 0 aromatic carbocycles. The van der Waals surface area contributed by atoms with Crippen LogP contribution in [-0.4, -0.2) is 50.3 Å². The van der Waals surface area contributed by atoms with Crippen LogP contribution in [-0.2, 0) is 4.74 Å². The number of nitrogens with zero attached hydrogens (tertiary/aromatic N) is 1. The van der Waals surface area contributed by atoms with E-state index in [2.05, 4.69) is 31.0 Å². The summed E-state index contributed by atoms with van der Waals surface area (Å²) in [6.45, 7) is 11.2. The Morgan fingerprint density at radius 1 is 1.44 bits per heavy atom. The highest BCUT2D eigenvalue weighted by Crippen LogP contribution is 2.15. The van der Waals surface area contributed by atoms with Gasteiger partial charge in [0.1, 0.15) is 0 Å². The average Bonchev–Trinajstić information content (AvgIpc) is 2.26. The van der Waals surface area contributed by atoms with Crippen LogP contribution >= 0.6 is 0 Å². The Hall–Kier alpha value is -0.120. The molecule has 1 aliphatic heterocycles. The molecule has 2 unspecified atom stereocenters. The monoisotopic (exact) mass is 228 g/mol.